The third-order valence-electron chi connectivity index (χ3n) is 2.54. The molecular formula is C10H16NO2. The molecule has 0 unspecified atom stereocenters. The highest BCUT2D eigenvalue weighted by Crippen LogP contribution is 2.38. The van der Waals surface area contributed by atoms with E-state index in [0.717, 1.165) is 10.6 Å². The molecule has 3 nitrogen and oxygen atoms in total. The standard InChI is InChI=1S/C10H16NO2/c1-9(2)5-8(7-12)6-10(3,4)11(9)13/h5-6H2,1-4H3. The second kappa shape index (κ2) is 2.95. The Labute approximate surface area is 79.0 Å². The van der Waals surface area contributed by atoms with Gasteiger partial charge in [-0.05, 0) is 40.5 Å². The number of hydrogen-bond acceptors (Lipinski definition) is 2. The Morgan fingerprint density at radius 2 is 1.54 bits per heavy atom. The Kier molecular flexibility index (Phi) is 2.37. The van der Waals surface area contributed by atoms with Crippen molar-refractivity contribution in [3.05, 3.63) is 5.57 Å². The van der Waals surface area contributed by atoms with Crippen molar-refractivity contribution in [2.24, 2.45) is 0 Å². The molecule has 1 aliphatic heterocycles. The van der Waals surface area contributed by atoms with Crippen LogP contribution in [0.4, 0.5) is 0 Å². The maximum Gasteiger partial charge on any atom is 0.123 e. The van der Waals surface area contributed by atoms with Gasteiger partial charge in [-0.2, -0.15) is 0 Å². The van der Waals surface area contributed by atoms with Crippen LogP contribution >= 0.6 is 0 Å². The quantitative estimate of drug-likeness (QED) is 0.535. The normalized spacial score (nSPS) is 27.0. The number of hydrogen-bond donors (Lipinski definition) is 0. The van der Waals surface area contributed by atoms with E-state index in [1.54, 1.807) is 0 Å². The molecule has 13 heavy (non-hydrogen) atoms. The molecule has 0 N–H and O–H groups in total. The highest BCUT2D eigenvalue weighted by atomic mass is 16.5. The van der Waals surface area contributed by atoms with Crippen LogP contribution in [-0.2, 0) is 10.0 Å². The minimum atomic E-state index is -0.478. The van der Waals surface area contributed by atoms with E-state index < -0.39 is 11.1 Å². The number of nitrogens with zero attached hydrogens (tertiary/aromatic N) is 1. The van der Waals surface area contributed by atoms with E-state index >= 15 is 0 Å². The smallest absolute Gasteiger partial charge is 0.123 e. The lowest BCUT2D eigenvalue weighted by Crippen LogP contribution is -2.56. The topological polar surface area (TPSA) is 40.2 Å². The summed E-state index contributed by atoms with van der Waals surface area (Å²) in [5.41, 5.74) is -0.231. The van der Waals surface area contributed by atoms with Gasteiger partial charge in [0.05, 0.1) is 0 Å². The van der Waals surface area contributed by atoms with E-state index in [-0.39, 0.29) is 0 Å². The Morgan fingerprint density at radius 3 is 1.85 bits per heavy atom. The molecule has 0 spiro atoms. The summed E-state index contributed by atoms with van der Waals surface area (Å²) in [5.74, 6) is 1.94. The maximum absolute atomic E-state index is 11.8. The Hall–Kier alpha value is -0.630. The molecule has 1 rings (SSSR count). The van der Waals surface area contributed by atoms with Gasteiger partial charge in [-0.1, -0.05) is 0 Å². The van der Waals surface area contributed by atoms with Gasteiger partial charge in [0.2, 0.25) is 0 Å². The zero-order valence-electron chi connectivity index (χ0n) is 8.68. The van der Waals surface area contributed by atoms with Crippen LogP contribution in [0.5, 0.6) is 0 Å². The van der Waals surface area contributed by atoms with Crippen molar-refractivity contribution in [1.82, 2.24) is 5.06 Å². The summed E-state index contributed by atoms with van der Waals surface area (Å²) >= 11 is 0. The predicted octanol–water partition coefficient (Wildman–Crippen LogP) is 1.74. The van der Waals surface area contributed by atoms with Gasteiger partial charge < -0.3 is 0 Å². The van der Waals surface area contributed by atoms with Crippen LogP contribution in [0.25, 0.3) is 0 Å². The lowest BCUT2D eigenvalue weighted by molar-refractivity contribution is -0.279. The molecule has 0 amide bonds. The SMILES string of the molecule is CC1(C)CC(=C=O)CC(C)(C)N1[O]. The molecule has 1 heterocycles. The molecule has 3 heteroatoms. The van der Waals surface area contributed by atoms with Gasteiger partial charge in [0.15, 0.2) is 0 Å². The van der Waals surface area contributed by atoms with Gasteiger partial charge in [-0.3, -0.25) is 0 Å². The molecule has 0 atom stereocenters. The van der Waals surface area contributed by atoms with Crippen molar-refractivity contribution < 1.29 is 10.0 Å². The van der Waals surface area contributed by atoms with E-state index in [4.69, 9.17) is 0 Å². The maximum atomic E-state index is 11.8. The molecule has 0 saturated carbocycles. The molecular weight excluding hydrogens is 166 g/mol. The molecule has 0 aromatic carbocycles. The predicted molar refractivity (Wildman–Crippen MR) is 49.1 cm³/mol. The summed E-state index contributed by atoms with van der Waals surface area (Å²) in [6.07, 6.45) is 1.06. The summed E-state index contributed by atoms with van der Waals surface area (Å²) in [4.78, 5) is 10.6. The summed E-state index contributed by atoms with van der Waals surface area (Å²) in [7, 11) is 0. The Balaban J connectivity index is 3.02. The largest absolute Gasteiger partial charge is 0.234 e. The summed E-state index contributed by atoms with van der Waals surface area (Å²) in [5, 5.41) is 12.9. The van der Waals surface area contributed by atoms with Crippen LogP contribution in [0.3, 0.4) is 0 Å². The average Bonchev–Trinajstić information content (AvgIpc) is 1.99. The monoisotopic (exact) mass is 182 g/mol. The first-order valence-electron chi connectivity index (χ1n) is 4.50. The molecule has 0 aromatic rings. The first-order valence-corrected chi connectivity index (χ1v) is 4.50. The molecule has 1 aliphatic rings. The summed E-state index contributed by atoms with van der Waals surface area (Å²) in [6.45, 7) is 7.44. The van der Waals surface area contributed by atoms with E-state index in [1.165, 1.54) is 0 Å². The van der Waals surface area contributed by atoms with Crippen LogP contribution < -0.4 is 0 Å². The van der Waals surface area contributed by atoms with Gasteiger partial charge in [0.1, 0.15) is 5.94 Å². The van der Waals surface area contributed by atoms with Gasteiger partial charge in [-0.15, -0.1) is 10.3 Å². The van der Waals surface area contributed by atoms with Crippen molar-refractivity contribution in [3.8, 4) is 0 Å². The molecule has 0 aliphatic carbocycles. The Bertz CT molecular complexity index is 242. The lowest BCUT2D eigenvalue weighted by atomic mass is 9.79. The van der Waals surface area contributed by atoms with Crippen LogP contribution in [0.15, 0.2) is 5.57 Å². The van der Waals surface area contributed by atoms with Crippen molar-refractivity contribution in [1.29, 1.82) is 0 Å². The van der Waals surface area contributed by atoms with E-state index in [1.807, 2.05) is 33.6 Å². The average molecular weight is 182 g/mol. The minimum Gasteiger partial charge on any atom is -0.234 e. The zero-order chi connectivity index (χ0) is 10.3. The molecule has 0 bridgehead atoms. The van der Waals surface area contributed by atoms with Crippen LogP contribution in [0.1, 0.15) is 40.5 Å². The van der Waals surface area contributed by atoms with Crippen molar-refractivity contribution in [2.75, 3.05) is 0 Å². The van der Waals surface area contributed by atoms with Gasteiger partial charge in [-0.25, -0.2) is 4.79 Å². The third kappa shape index (κ3) is 1.83. The van der Waals surface area contributed by atoms with Gasteiger partial charge in [0.25, 0.3) is 0 Å². The van der Waals surface area contributed by atoms with Crippen molar-refractivity contribution >= 4 is 5.94 Å². The number of hydroxylamine groups is 2. The molecule has 1 radical (unpaired) electrons. The van der Waals surface area contributed by atoms with Crippen LogP contribution in [0.2, 0.25) is 0 Å². The van der Waals surface area contributed by atoms with Crippen molar-refractivity contribution in [3.63, 3.8) is 0 Å². The minimum absolute atomic E-state index is 0.478. The van der Waals surface area contributed by atoms with Gasteiger partial charge in [0, 0.05) is 16.7 Å². The van der Waals surface area contributed by atoms with E-state index in [0.29, 0.717) is 12.8 Å². The van der Waals surface area contributed by atoms with Crippen molar-refractivity contribution in [2.45, 2.75) is 51.6 Å². The number of piperidine rings is 1. The lowest BCUT2D eigenvalue weighted by Gasteiger charge is -2.46. The number of carbonyl (C=O) groups excluding carboxylic acids is 1. The highest BCUT2D eigenvalue weighted by Gasteiger charge is 2.44. The first kappa shape index (κ1) is 10.5. The number of rotatable bonds is 0. The first-order chi connectivity index (χ1) is 5.79. The van der Waals surface area contributed by atoms with E-state index in [9.17, 15) is 10.0 Å². The molecule has 1 saturated heterocycles. The van der Waals surface area contributed by atoms with Crippen LogP contribution in [-0.4, -0.2) is 22.1 Å². The highest BCUT2D eigenvalue weighted by molar-refractivity contribution is 5.54. The fourth-order valence-corrected chi connectivity index (χ4v) is 2.14. The second-order valence-corrected chi connectivity index (χ2v) is 4.98. The third-order valence-corrected chi connectivity index (χ3v) is 2.54. The van der Waals surface area contributed by atoms with Gasteiger partial charge >= 0.3 is 0 Å². The fraction of sp³-hybridized carbons (Fsp3) is 0.800. The van der Waals surface area contributed by atoms with E-state index in [2.05, 4.69) is 0 Å². The molecule has 0 aromatic heterocycles. The zero-order valence-corrected chi connectivity index (χ0v) is 8.68. The second-order valence-electron chi connectivity index (χ2n) is 4.98. The fourth-order valence-electron chi connectivity index (χ4n) is 2.14. The molecule has 1 fully saturated rings. The van der Waals surface area contributed by atoms with Crippen LogP contribution in [0, 0.1) is 0 Å². The summed E-state index contributed by atoms with van der Waals surface area (Å²) in [6, 6.07) is 0. The molecule has 73 valence electrons. The Morgan fingerprint density at radius 1 is 1.15 bits per heavy atom. The summed E-state index contributed by atoms with van der Waals surface area (Å²) < 4.78 is 0.